The highest BCUT2D eigenvalue weighted by Crippen LogP contribution is 2.37. The Labute approximate surface area is 791 Å². The summed E-state index contributed by atoms with van der Waals surface area (Å²) in [7, 11) is -57.5. The SMILES string of the molecule is CCCC[Si](C)(C)O[Si](C)(C)O[Si](C)(C)O[Si](C)(C)O[Si](C)(C)O[Si](C)(C)O[Si](C)(C)O[Si](C)(C)O[Si](C)(C)O[Si](C)(C)O[Si](C)(C)CCCOCC(O)COCC(O)COCC(O)COCC(O)COCC(O)COCCC[Si](C)(C)O[Si](C)(C)O[Si](C)(C)O[Si](C)(C)O[Si](C)(C)O[Si](C)(C)O[Si](C)(C)O[Si](C)(C)O[Si](C)(C)O[Si](C)(C)O[Si](C)(C)CCCC. The van der Waals surface area contributed by atoms with E-state index in [2.05, 4.69) is 223 Å². The molecule has 126 heavy (non-hydrogen) atoms. The van der Waals surface area contributed by atoms with Crippen LogP contribution in [-0.4, -0.2) is 323 Å². The van der Waals surface area contributed by atoms with Gasteiger partial charge in [-0.15, -0.1) is 0 Å². The minimum absolute atomic E-state index is 0.0530. The molecule has 0 aromatic heterocycles. The van der Waals surface area contributed by atoms with Crippen molar-refractivity contribution in [3.05, 3.63) is 0 Å². The van der Waals surface area contributed by atoms with E-state index in [0.717, 1.165) is 62.7 Å². The first-order valence-corrected chi connectivity index (χ1v) is 109. The van der Waals surface area contributed by atoms with Gasteiger partial charge in [-0.2, -0.15) is 0 Å². The highest BCUT2D eigenvalue weighted by Gasteiger charge is 2.55. The van der Waals surface area contributed by atoms with E-state index >= 15 is 0 Å². The smallest absolute Gasteiger partial charge is 0.314 e. The molecule has 0 aliphatic rings. The zero-order valence-corrected chi connectivity index (χ0v) is 110. The Balaban J connectivity index is 4.79. The van der Waals surface area contributed by atoms with Crippen LogP contribution in [0.2, 0.25) is 312 Å². The summed E-state index contributed by atoms with van der Waals surface area (Å²) in [6, 6.07) is 3.86. The predicted octanol–water partition coefficient (Wildman–Crippen LogP) is 18.1. The van der Waals surface area contributed by atoms with Gasteiger partial charge < -0.3 is 136 Å². The summed E-state index contributed by atoms with van der Waals surface area (Å²) in [5.41, 5.74) is 0. The first kappa shape index (κ1) is 130. The summed E-state index contributed by atoms with van der Waals surface area (Å²) < 4.78 is 171. The molecule has 0 saturated heterocycles. The molecule has 758 valence electrons. The van der Waals surface area contributed by atoms with E-state index in [1.54, 1.807) is 0 Å². The first-order chi connectivity index (χ1) is 55.9. The summed E-state index contributed by atoms with van der Waals surface area (Å²) in [4.78, 5) is 0. The third kappa shape index (κ3) is 66.3. The van der Waals surface area contributed by atoms with Crippen molar-refractivity contribution in [2.24, 2.45) is 0 Å². The number of ether oxygens (including phenoxy) is 6. The van der Waals surface area contributed by atoms with Gasteiger partial charge in [0.05, 0.1) is 66.1 Å². The average molecular weight is 2180 g/mol. The monoisotopic (exact) mass is 2180 g/mol. The summed E-state index contributed by atoms with van der Waals surface area (Å²) in [6.07, 6.45) is 1.22. The Kier molecular flexibility index (Phi) is 54.5. The fourth-order valence-corrected chi connectivity index (χ4v) is 130. The van der Waals surface area contributed by atoms with Gasteiger partial charge in [0.25, 0.3) is 0 Å². The predicted molar refractivity (Wildman–Crippen MR) is 560 cm³/mol. The van der Waals surface area contributed by atoms with E-state index in [9.17, 15) is 25.5 Å². The molecule has 5 N–H and O–H groups in total. The molecule has 0 rings (SSSR count). The highest BCUT2D eigenvalue weighted by atomic mass is 28.6. The van der Waals surface area contributed by atoms with Gasteiger partial charge in [0, 0.05) is 13.2 Å². The first-order valence-electron chi connectivity index (χ1n) is 45.8. The van der Waals surface area contributed by atoms with Crippen LogP contribution >= 0.6 is 0 Å². The second kappa shape index (κ2) is 53.0. The summed E-state index contributed by atoms with van der Waals surface area (Å²) in [5.74, 6) is 0. The fourth-order valence-electron chi connectivity index (χ4n) is 17.2. The Bertz CT molecular complexity index is 2860. The second-order valence-corrected chi connectivity index (χ2v) is 127. The number of unbranched alkanes of at least 4 members (excludes halogenated alkanes) is 2. The molecule has 31 nitrogen and oxygen atoms in total. The Hall–Kier alpha value is 3.53. The molecule has 0 saturated carbocycles. The number of hydrogen-bond acceptors (Lipinski definition) is 31. The number of aliphatic hydroxyl groups excluding tert-OH is 5. The normalized spacial score (nSPS) is 16.3. The van der Waals surface area contributed by atoms with Gasteiger partial charge in [0.15, 0.2) is 33.3 Å². The van der Waals surface area contributed by atoms with Crippen LogP contribution in [0.25, 0.3) is 0 Å². The van der Waals surface area contributed by atoms with E-state index in [4.69, 9.17) is 111 Å². The molecule has 0 heterocycles. The average Bonchev–Trinajstić information content (AvgIpc) is 0.800. The zero-order valence-electron chi connectivity index (χ0n) is 88.3. The summed E-state index contributed by atoms with van der Waals surface area (Å²) >= 11 is 0. The minimum Gasteiger partial charge on any atom is -0.436 e. The van der Waals surface area contributed by atoms with Gasteiger partial charge in [-0.1, -0.05) is 39.5 Å². The van der Waals surface area contributed by atoms with Crippen LogP contribution in [0.15, 0.2) is 0 Å². The lowest BCUT2D eigenvalue weighted by Gasteiger charge is -2.45. The largest absolute Gasteiger partial charge is 0.436 e. The van der Waals surface area contributed by atoms with E-state index < -0.39 is 218 Å². The molecule has 4 atom stereocenters. The van der Waals surface area contributed by atoms with Crippen LogP contribution in [0.5, 0.6) is 0 Å². The molecule has 0 fully saturated rings. The van der Waals surface area contributed by atoms with Crippen molar-refractivity contribution in [3.8, 4) is 0 Å². The van der Waals surface area contributed by atoms with Crippen molar-refractivity contribution in [1.82, 2.24) is 0 Å². The molecule has 0 bridgehead atoms. The fraction of sp³-hybridized carbons (Fsp3) is 1.00. The molecule has 53 heteroatoms. The lowest BCUT2D eigenvalue weighted by Crippen LogP contribution is -2.62. The molecule has 0 spiro atoms. The topological polar surface area (TPSA) is 341 Å². The summed E-state index contributed by atoms with van der Waals surface area (Å²) in [6.45, 7) is 97.0. The van der Waals surface area contributed by atoms with Gasteiger partial charge in [-0.25, -0.2) is 0 Å². The van der Waals surface area contributed by atoms with Crippen molar-refractivity contribution in [2.75, 3.05) is 79.3 Å². The Morgan fingerprint density at radius 2 is 0.254 bits per heavy atom. The number of hydrogen-bond donors (Lipinski definition) is 5. The molecule has 0 aromatic carbocycles. The Morgan fingerprint density at radius 1 is 0.151 bits per heavy atom. The lowest BCUT2D eigenvalue weighted by molar-refractivity contribution is -0.0829. The molecule has 4 unspecified atom stereocenters. The number of aliphatic hydroxyl groups is 5. The van der Waals surface area contributed by atoms with Crippen molar-refractivity contribution in [1.29, 1.82) is 0 Å². The molecular formula is C73H192O31Si22. The maximum atomic E-state index is 10.6. The van der Waals surface area contributed by atoms with Gasteiger partial charge in [0.2, 0.25) is 0 Å². The molecular weight excluding hydrogens is 1990 g/mol. The van der Waals surface area contributed by atoms with Crippen molar-refractivity contribution in [3.63, 3.8) is 0 Å². The van der Waals surface area contributed by atoms with Crippen LogP contribution in [0.4, 0.5) is 0 Å². The van der Waals surface area contributed by atoms with E-state index in [1.165, 1.54) is 0 Å². The van der Waals surface area contributed by atoms with Gasteiger partial charge in [0.1, 0.15) is 30.5 Å². The van der Waals surface area contributed by atoms with Crippen molar-refractivity contribution < 1.29 is 136 Å². The van der Waals surface area contributed by atoms with E-state index in [0.29, 0.717) is 13.2 Å². The maximum absolute atomic E-state index is 10.6. The quantitative estimate of drug-likeness (QED) is 0.0279. The van der Waals surface area contributed by atoms with Crippen molar-refractivity contribution >= 4 is 187 Å². The Morgan fingerprint density at radius 3 is 0.373 bits per heavy atom. The summed E-state index contributed by atoms with van der Waals surface area (Å²) in [5, 5.41) is 52.5. The highest BCUT2D eigenvalue weighted by molar-refractivity contribution is 6.96. The molecule has 0 aromatic rings. The van der Waals surface area contributed by atoms with Gasteiger partial charge >= 0.3 is 154 Å². The van der Waals surface area contributed by atoms with Crippen LogP contribution in [0.3, 0.4) is 0 Å². The zero-order chi connectivity index (χ0) is 98.8. The van der Waals surface area contributed by atoms with Gasteiger partial charge in [-0.05, 0) is 325 Å². The molecule has 0 radical (unpaired) electrons. The maximum Gasteiger partial charge on any atom is 0.314 e. The van der Waals surface area contributed by atoms with Gasteiger partial charge in [-0.3, -0.25) is 0 Å². The standard InChI is InChI=1S/C73H192O31Si22/c1-47-49-55-105(3,4)85-109(11,12)89-113(19,20)93-117(27,28)97-121(35,36)101-125(43,44)103-123(39,40)99-119(31,32)95-115(23,24)91-111(15,16)87-107(7,8)57-51-53-79-59-69(74)61-81-63-71(76)65-83-67-73(78)68-84-66-72(77)64-82-62-70(75)60-80-54-52-58-108(9,10)88-112(17,18)92-116(25,26)96-120(33,34)100-124(41,42)104-126(45,46)102-122(37,38)98-118(29,30)94-114(21,22)90-110(13,14)86-106(5,6)56-50-48-2/h69-78H,47-68H2,1-46H3. The van der Waals surface area contributed by atoms with Crippen LogP contribution in [0, 0.1) is 0 Å². The third-order valence-electron chi connectivity index (χ3n) is 17.5. The second-order valence-electron chi connectivity index (χ2n) is 44.3. The molecule has 0 aliphatic heterocycles. The minimum atomic E-state index is -2.83. The van der Waals surface area contributed by atoms with E-state index in [-0.39, 0.29) is 66.1 Å². The van der Waals surface area contributed by atoms with Crippen LogP contribution in [-0.2, 0) is 111 Å². The van der Waals surface area contributed by atoms with Crippen LogP contribution < -0.4 is 0 Å². The lowest BCUT2D eigenvalue weighted by atomic mass is 10.3. The van der Waals surface area contributed by atoms with Crippen LogP contribution in [0.1, 0.15) is 52.4 Å². The molecule has 0 amide bonds. The molecule has 0 aliphatic carbocycles. The number of rotatable bonds is 74. The third-order valence-corrected chi connectivity index (χ3v) is 103. The van der Waals surface area contributed by atoms with Crippen molar-refractivity contribution in [2.45, 2.75) is 395 Å². The van der Waals surface area contributed by atoms with E-state index in [1.807, 2.05) is 78.6 Å².